The van der Waals surface area contributed by atoms with Crippen molar-refractivity contribution in [2.75, 3.05) is 32.8 Å². The van der Waals surface area contributed by atoms with Gasteiger partial charge in [-0.3, -0.25) is 9.59 Å². The van der Waals surface area contributed by atoms with E-state index in [1.165, 1.54) is 6.92 Å². The van der Waals surface area contributed by atoms with Crippen LogP contribution in [-0.2, 0) is 14.3 Å². The SMILES string of the molecule is CC(=O)N1CCN(C(=O)COC(=O)c2ccc(-n3nc(C)cc3C)cc2)CC1. The zero-order valence-electron chi connectivity index (χ0n) is 16.3. The fourth-order valence-corrected chi connectivity index (χ4v) is 3.20. The number of carbonyl (C=O) groups is 3. The van der Waals surface area contributed by atoms with Gasteiger partial charge in [-0.05, 0) is 44.2 Å². The molecule has 8 nitrogen and oxygen atoms in total. The zero-order chi connectivity index (χ0) is 20.3. The maximum Gasteiger partial charge on any atom is 0.338 e. The van der Waals surface area contributed by atoms with Crippen molar-refractivity contribution in [3.63, 3.8) is 0 Å². The van der Waals surface area contributed by atoms with Gasteiger partial charge in [-0.25, -0.2) is 9.48 Å². The van der Waals surface area contributed by atoms with Gasteiger partial charge in [0.2, 0.25) is 5.91 Å². The first-order valence-corrected chi connectivity index (χ1v) is 9.19. The smallest absolute Gasteiger partial charge is 0.338 e. The second-order valence-electron chi connectivity index (χ2n) is 6.85. The predicted octanol–water partition coefficient (Wildman–Crippen LogP) is 1.34. The molecule has 2 aromatic rings. The highest BCUT2D eigenvalue weighted by molar-refractivity contribution is 5.91. The standard InChI is InChI=1S/C20H24N4O4/c1-14-12-15(2)24(21-14)18-6-4-17(5-7-18)20(27)28-13-19(26)23-10-8-22(9-11-23)16(3)25/h4-7,12H,8-11,13H2,1-3H3. The summed E-state index contributed by atoms with van der Waals surface area (Å²) in [5.41, 5.74) is 3.15. The third-order valence-electron chi connectivity index (χ3n) is 4.76. The van der Waals surface area contributed by atoms with E-state index in [4.69, 9.17) is 4.74 Å². The Morgan fingerprint density at radius 3 is 2.14 bits per heavy atom. The van der Waals surface area contributed by atoms with Crippen molar-refractivity contribution in [1.29, 1.82) is 0 Å². The lowest BCUT2D eigenvalue weighted by Gasteiger charge is -2.34. The maximum atomic E-state index is 12.2. The number of amides is 2. The van der Waals surface area contributed by atoms with E-state index in [9.17, 15) is 14.4 Å². The number of hydrogen-bond acceptors (Lipinski definition) is 5. The lowest BCUT2D eigenvalue weighted by molar-refractivity contribution is -0.140. The summed E-state index contributed by atoms with van der Waals surface area (Å²) in [6, 6.07) is 8.87. The molecule has 8 heteroatoms. The van der Waals surface area contributed by atoms with E-state index in [0.717, 1.165) is 17.1 Å². The summed E-state index contributed by atoms with van der Waals surface area (Å²) < 4.78 is 6.96. The van der Waals surface area contributed by atoms with Crippen LogP contribution in [0.4, 0.5) is 0 Å². The molecular formula is C20H24N4O4. The molecule has 0 aliphatic carbocycles. The van der Waals surface area contributed by atoms with Crippen LogP contribution >= 0.6 is 0 Å². The number of carbonyl (C=O) groups excluding carboxylic acids is 3. The van der Waals surface area contributed by atoms with Crippen LogP contribution in [-0.4, -0.2) is 70.1 Å². The van der Waals surface area contributed by atoms with Crippen molar-refractivity contribution in [1.82, 2.24) is 19.6 Å². The quantitative estimate of drug-likeness (QED) is 0.743. The van der Waals surface area contributed by atoms with Crippen LogP contribution in [0.1, 0.15) is 28.7 Å². The highest BCUT2D eigenvalue weighted by Gasteiger charge is 2.23. The molecule has 1 aromatic heterocycles. The summed E-state index contributed by atoms with van der Waals surface area (Å²) in [4.78, 5) is 39.1. The van der Waals surface area contributed by atoms with E-state index in [2.05, 4.69) is 5.10 Å². The molecule has 1 aliphatic heterocycles. The first kappa shape index (κ1) is 19.6. The Balaban J connectivity index is 1.53. The lowest BCUT2D eigenvalue weighted by atomic mass is 10.2. The van der Waals surface area contributed by atoms with Crippen LogP contribution < -0.4 is 0 Å². The molecule has 0 saturated carbocycles. The summed E-state index contributed by atoms with van der Waals surface area (Å²) in [6.45, 7) is 7.00. The first-order chi connectivity index (χ1) is 13.3. The van der Waals surface area contributed by atoms with Crippen LogP contribution in [0.15, 0.2) is 30.3 Å². The van der Waals surface area contributed by atoms with Crippen molar-refractivity contribution in [2.45, 2.75) is 20.8 Å². The molecule has 3 rings (SSSR count). The Hall–Kier alpha value is -3.16. The number of esters is 1. The summed E-state index contributed by atoms with van der Waals surface area (Å²) in [7, 11) is 0. The minimum Gasteiger partial charge on any atom is -0.452 e. The van der Waals surface area contributed by atoms with Crippen LogP contribution in [0.2, 0.25) is 0 Å². The molecule has 1 fully saturated rings. The molecule has 0 spiro atoms. The number of piperazine rings is 1. The van der Waals surface area contributed by atoms with E-state index in [0.29, 0.717) is 31.7 Å². The molecule has 2 heterocycles. The molecule has 2 amide bonds. The average molecular weight is 384 g/mol. The number of nitrogens with zero attached hydrogens (tertiary/aromatic N) is 4. The molecule has 0 N–H and O–H groups in total. The van der Waals surface area contributed by atoms with Gasteiger partial charge in [-0.15, -0.1) is 0 Å². The Labute approximate surface area is 163 Å². The van der Waals surface area contributed by atoms with Gasteiger partial charge in [-0.2, -0.15) is 5.10 Å². The number of hydrogen-bond donors (Lipinski definition) is 0. The Bertz CT molecular complexity index is 880. The van der Waals surface area contributed by atoms with Crippen LogP contribution in [0.5, 0.6) is 0 Å². The van der Waals surface area contributed by atoms with E-state index < -0.39 is 5.97 Å². The molecular weight excluding hydrogens is 360 g/mol. The third-order valence-corrected chi connectivity index (χ3v) is 4.76. The molecule has 1 aliphatic rings. The number of aromatic nitrogens is 2. The Morgan fingerprint density at radius 2 is 1.61 bits per heavy atom. The van der Waals surface area contributed by atoms with E-state index in [1.807, 2.05) is 19.9 Å². The summed E-state index contributed by atoms with van der Waals surface area (Å²) in [5, 5.41) is 4.41. The fourth-order valence-electron chi connectivity index (χ4n) is 3.20. The van der Waals surface area contributed by atoms with Crippen molar-refractivity contribution in [3.8, 4) is 5.69 Å². The first-order valence-electron chi connectivity index (χ1n) is 9.19. The van der Waals surface area contributed by atoms with Gasteiger partial charge < -0.3 is 14.5 Å². The molecule has 148 valence electrons. The average Bonchev–Trinajstić information content (AvgIpc) is 3.04. The Kier molecular flexibility index (Phi) is 5.77. The second kappa shape index (κ2) is 8.24. The molecule has 0 unspecified atom stereocenters. The van der Waals surface area contributed by atoms with E-state index in [-0.39, 0.29) is 18.4 Å². The predicted molar refractivity (Wildman–Crippen MR) is 102 cm³/mol. The van der Waals surface area contributed by atoms with E-state index in [1.54, 1.807) is 38.7 Å². The Morgan fingerprint density at radius 1 is 1.00 bits per heavy atom. The van der Waals surface area contributed by atoms with Gasteiger partial charge in [0, 0.05) is 38.8 Å². The molecule has 0 bridgehead atoms. The number of ether oxygens (including phenoxy) is 1. The molecule has 1 aromatic carbocycles. The summed E-state index contributed by atoms with van der Waals surface area (Å²) in [6.07, 6.45) is 0. The van der Waals surface area contributed by atoms with Gasteiger partial charge in [-0.1, -0.05) is 0 Å². The molecule has 1 saturated heterocycles. The van der Waals surface area contributed by atoms with Crippen LogP contribution in [0, 0.1) is 13.8 Å². The van der Waals surface area contributed by atoms with Gasteiger partial charge in [0.25, 0.3) is 5.91 Å². The monoisotopic (exact) mass is 384 g/mol. The fraction of sp³-hybridized carbons (Fsp3) is 0.400. The van der Waals surface area contributed by atoms with Crippen molar-refractivity contribution in [2.24, 2.45) is 0 Å². The van der Waals surface area contributed by atoms with Gasteiger partial charge in [0.1, 0.15) is 0 Å². The van der Waals surface area contributed by atoms with Gasteiger partial charge in [0.15, 0.2) is 6.61 Å². The largest absolute Gasteiger partial charge is 0.452 e. The van der Waals surface area contributed by atoms with Crippen molar-refractivity contribution < 1.29 is 19.1 Å². The second-order valence-corrected chi connectivity index (χ2v) is 6.85. The minimum atomic E-state index is -0.546. The topological polar surface area (TPSA) is 84.7 Å². The summed E-state index contributed by atoms with van der Waals surface area (Å²) >= 11 is 0. The number of aryl methyl sites for hydroxylation is 2. The highest BCUT2D eigenvalue weighted by Crippen LogP contribution is 2.14. The number of benzene rings is 1. The van der Waals surface area contributed by atoms with E-state index >= 15 is 0 Å². The minimum absolute atomic E-state index is 0.00226. The molecule has 0 atom stereocenters. The highest BCUT2D eigenvalue weighted by atomic mass is 16.5. The summed E-state index contributed by atoms with van der Waals surface area (Å²) in [5.74, 6) is -0.797. The van der Waals surface area contributed by atoms with Crippen molar-refractivity contribution in [3.05, 3.63) is 47.3 Å². The van der Waals surface area contributed by atoms with Gasteiger partial charge in [0.05, 0.1) is 16.9 Å². The third kappa shape index (κ3) is 4.39. The lowest BCUT2D eigenvalue weighted by Crippen LogP contribution is -2.51. The van der Waals surface area contributed by atoms with Crippen molar-refractivity contribution >= 4 is 17.8 Å². The normalized spacial score (nSPS) is 14.1. The number of rotatable bonds is 4. The molecule has 0 radical (unpaired) electrons. The molecule has 28 heavy (non-hydrogen) atoms. The van der Waals surface area contributed by atoms with Gasteiger partial charge >= 0.3 is 5.97 Å². The van der Waals surface area contributed by atoms with Crippen LogP contribution in [0.3, 0.4) is 0 Å². The van der Waals surface area contributed by atoms with Crippen LogP contribution in [0.25, 0.3) is 5.69 Å². The zero-order valence-corrected chi connectivity index (χ0v) is 16.3. The maximum absolute atomic E-state index is 12.2.